The number of aromatic nitrogens is 4. The molecule has 1 aliphatic heterocycles. The van der Waals surface area contributed by atoms with Gasteiger partial charge in [-0.2, -0.15) is 4.37 Å². The van der Waals surface area contributed by atoms with Crippen molar-refractivity contribution in [2.45, 2.75) is 38.5 Å². The predicted molar refractivity (Wildman–Crippen MR) is 89.1 cm³/mol. The molecular weight excluding hydrogens is 310 g/mol. The number of nitrogens with zero attached hydrogens (tertiary/aromatic N) is 5. The molecule has 6 nitrogen and oxygen atoms in total. The van der Waals surface area contributed by atoms with Crippen LogP contribution in [-0.2, 0) is 0 Å². The quantitative estimate of drug-likeness (QED) is 0.839. The van der Waals surface area contributed by atoms with Crippen molar-refractivity contribution >= 4 is 16.7 Å². The monoisotopic (exact) mass is 331 g/mol. The van der Waals surface area contributed by atoms with E-state index in [1.807, 2.05) is 6.92 Å². The number of hydrogen-bond acceptors (Lipinski definition) is 7. The molecule has 1 saturated heterocycles. The lowest BCUT2D eigenvalue weighted by molar-refractivity contribution is 0.214. The Morgan fingerprint density at radius 3 is 2.70 bits per heavy atom. The minimum Gasteiger partial charge on any atom is -0.476 e. The lowest BCUT2D eigenvalue weighted by Gasteiger charge is -2.31. The highest BCUT2D eigenvalue weighted by Crippen LogP contribution is 2.40. The molecule has 23 heavy (non-hydrogen) atoms. The molecule has 2 aromatic rings. The highest BCUT2D eigenvalue weighted by atomic mass is 32.1. The van der Waals surface area contributed by atoms with Gasteiger partial charge in [0.2, 0.25) is 11.0 Å². The third-order valence-electron chi connectivity index (χ3n) is 4.55. The lowest BCUT2D eigenvalue weighted by atomic mass is 9.98. The SMILES string of the molecule is Cc1nccnc1OCC1CCN(c2nc(C3CC3)ns2)CC1. The van der Waals surface area contributed by atoms with Gasteiger partial charge in [0.05, 0.1) is 12.3 Å². The van der Waals surface area contributed by atoms with Crippen LogP contribution in [0.3, 0.4) is 0 Å². The van der Waals surface area contributed by atoms with Gasteiger partial charge in [0, 0.05) is 42.9 Å². The Balaban J connectivity index is 1.28. The molecule has 0 amide bonds. The predicted octanol–water partition coefficient (Wildman–Crippen LogP) is 2.81. The van der Waals surface area contributed by atoms with Crippen LogP contribution in [0.4, 0.5) is 5.13 Å². The molecule has 2 aromatic heterocycles. The van der Waals surface area contributed by atoms with Gasteiger partial charge in [-0.3, -0.25) is 4.98 Å². The van der Waals surface area contributed by atoms with E-state index in [1.165, 1.54) is 12.8 Å². The van der Waals surface area contributed by atoms with Crippen LogP contribution in [0.1, 0.15) is 43.1 Å². The largest absolute Gasteiger partial charge is 0.476 e. The summed E-state index contributed by atoms with van der Waals surface area (Å²) in [6.45, 7) is 4.72. The molecule has 0 radical (unpaired) electrons. The summed E-state index contributed by atoms with van der Waals surface area (Å²) in [5, 5.41) is 1.09. The Hall–Kier alpha value is -1.76. The fraction of sp³-hybridized carbons (Fsp3) is 0.625. The fourth-order valence-electron chi connectivity index (χ4n) is 2.89. The topological polar surface area (TPSA) is 64.0 Å². The Labute approximate surface area is 140 Å². The summed E-state index contributed by atoms with van der Waals surface area (Å²) >= 11 is 1.55. The second-order valence-electron chi connectivity index (χ2n) is 6.40. The third-order valence-corrected chi connectivity index (χ3v) is 5.34. The van der Waals surface area contributed by atoms with Gasteiger partial charge in [-0.15, -0.1) is 0 Å². The van der Waals surface area contributed by atoms with Crippen LogP contribution in [0.2, 0.25) is 0 Å². The zero-order valence-corrected chi connectivity index (χ0v) is 14.1. The lowest BCUT2D eigenvalue weighted by Crippen LogP contribution is -2.35. The average Bonchev–Trinajstić information content (AvgIpc) is 3.32. The van der Waals surface area contributed by atoms with Crippen LogP contribution < -0.4 is 9.64 Å². The minimum absolute atomic E-state index is 0.573. The van der Waals surface area contributed by atoms with Crippen molar-refractivity contribution in [2.24, 2.45) is 5.92 Å². The summed E-state index contributed by atoms with van der Waals surface area (Å²) in [7, 11) is 0. The molecule has 7 heteroatoms. The number of ether oxygens (including phenoxy) is 1. The maximum atomic E-state index is 5.84. The van der Waals surface area contributed by atoms with E-state index < -0.39 is 0 Å². The molecule has 0 N–H and O–H groups in total. The highest BCUT2D eigenvalue weighted by Gasteiger charge is 2.29. The number of rotatable bonds is 5. The second kappa shape index (κ2) is 6.39. The zero-order valence-electron chi connectivity index (χ0n) is 13.3. The van der Waals surface area contributed by atoms with Crippen molar-refractivity contribution in [3.8, 4) is 5.88 Å². The Kier molecular flexibility index (Phi) is 4.11. The van der Waals surface area contributed by atoms with E-state index in [4.69, 9.17) is 9.72 Å². The molecule has 0 aromatic carbocycles. The van der Waals surface area contributed by atoms with Gasteiger partial charge >= 0.3 is 0 Å². The maximum absolute atomic E-state index is 5.84. The molecular formula is C16H21N5OS. The van der Waals surface area contributed by atoms with Gasteiger partial charge in [0.1, 0.15) is 5.82 Å². The molecule has 0 spiro atoms. The van der Waals surface area contributed by atoms with Gasteiger partial charge in [-0.05, 0) is 38.5 Å². The van der Waals surface area contributed by atoms with Crippen LogP contribution in [0.5, 0.6) is 5.88 Å². The minimum atomic E-state index is 0.573. The normalized spacial score (nSPS) is 19.1. The summed E-state index contributed by atoms with van der Waals surface area (Å²) in [5.41, 5.74) is 0.853. The third kappa shape index (κ3) is 3.44. The van der Waals surface area contributed by atoms with E-state index in [-0.39, 0.29) is 0 Å². The second-order valence-corrected chi connectivity index (χ2v) is 7.13. The van der Waals surface area contributed by atoms with Crippen LogP contribution in [0, 0.1) is 12.8 Å². The number of anilines is 1. The number of aryl methyl sites for hydroxylation is 1. The van der Waals surface area contributed by atoms with E-state index in [0.717, 1.165) is 49.2 Å². The standard InChI is InChI=1S/C16H21N5OS/c1-11-15(18-7-6-17-11)22-10-12-4-8-21(9-5-12)16-19-14(20-23-16)13-2-3-13/h6-7,12-13H,2-5,8-10H2,1H3. The first-order valence-electron chi connectivity index (χ1n) is 8.28. The van der Waals surface area contributed by atoms with E-state index in [0.29, 0.717) is 17.7 Å². The first-order valence-corrected chi connectivity index (χ1v) is 9.06. The van der Waals surface area contributed by atoms with Crippen LogP contribution in [0.15, 0.2) is 12.4 Å². The first-order chi connectivity index (χ1) is 11.3. The molecule has 2 fully saturated rings. The maximum Gasteiger partial charge on any atom is 0.235 e. The summed E-state index contributed by atoms with van der Waals surface area (Å²) < 4.78 is 10.4. The molecule has 0 atom stereocenters. The van der Waals surface area contributed by atoms with Crippen molar-refractivity contribution < 1.29 is 4.74 Å². The molecule has 122 valence electrons. The Bertz CT molecular complexity index is 664. The van der Waals surface area contributed by atoms with E-state index in [1.54, 1.807) is 23.9 Å². The fourth-order valence-corrected chi connectivity index (χ4v) is 3.68. The van der Waals surface area contributed by atoms with Gasteiger partial charge < -0.3 is 9.64 Å². The first kappa shape index (κ1) is 14.8. The van der Waals surface area contributed by atoms with Gasteiger partial charge in [-0.25, -0.2) is 9.97 Å². The van der Waals surface area contributed by atoms with Crippen molar-refractivity contribution in [1.82, 2.24) is 19.3 Å². The van der Waals surface area contributed by atoms with Gasteiger partial charge in [-0.1, -0.05) is 0 Å². The van der Waals surface area contributed by atoms with Crippen molar-refractivity contribution in [2.75, 3.05) is 24.6 Å². The van der Waals surface area contributed by atoms with E-state index in [9.17, 15) is 0 Å². The Morgan fingerprint density at radius 1 is 1.17 bits per heavy atom. The molecule has 3 heterocycles. The van der Waals surface area contributed by atoms with E-state index in [2.05, 4.69) is 19.2 Å². The van der Waals surface area contributed by atoms with Crippen molar-refractivity contribution in [3.05, 3.63) is 23.9 Å². The van der Waals surface area contributed by atoms with Gasteiger partial charge in [0.15, 0.2) is 0 Å². The average molecular weight is 331 g/mol. The molecule has 1 saturated carbocycles. The molecule has 4 rings (SSSR count). The summed E-state index contributed by atoms with van der Waals surface area (Å²) in [6.07, 6.45) is 8.14. The number of piperidine rings is 1. The van der Waals surface area contributed by atoms with Crippen molar-refractivity contribution in [3.63, 3.8) is 0 Å². The van der Waals surface area contributed by atoms with Crippen molar-refractivity contribution in [1.29, 1.82) is 0 Å². The number of hydrogen-bond donors (Lipinski definition) is 0. The Morgan fingerprint density at radius 2 is 1.96 bits per heavy atom. The zero-order chi connectivity index (χ0) is 15.6. The molecule has 0 bridgehead atoms. The van der Waals surface area contributed by atoms with Gasteiger partial charge in [0.25, 0.3) is 0 Å². The molecule has 2 aliphatic rings. The molecule has 1 aliphatic carbocycles. The molecule has 0 unspecified atom stereocenters. The van der Waals surface area contributed by atoms with Crippen LogP contribution >= 0.6 is 11.5 Å². The summed E-state index contributed by atoms with van der Waals surface area (Å²) in [6, 6.07) is 0. The van der Waals surface area contributed by atoms with Crippen LogP contribution in [0.25, 0.3) is 0 Å². The summed E-state index contributed by atoms with van der Waals surface area (Å²) in [5.74, 6) is 2.94. The smallest absolute Gasteiger partial charge is 0.235 e. The van der Waals surface area contributed by atoms with Crippen LogP contribution in [-0.4, -0.2) is 39.0 Å². The highest BCUT2D eigenvalue weighted by molar-refractivity contribution is 7.09. The summed E-state index contributed by atoms with van der Waals surface area (Å²) in [4.78, 5) is 15.5. The van der Waals surface area contributed by atoms with E-state index >= 15 is 0 Å².